The summed E-state index contributed by atoms with van der Waals surface area (Å²) in [5.74, 6) is 2.31. The molecule has 0 unspecified atom stereocenters. The van der Waals surface area contributed by atoms with Gasteiger partial charge >= 0.3 is 0 Å². The molecule has 0 aliphatic carbocycles. The first-order chi connectivity index (χ1) is 15.1. The molecule has 0 saturated heterocycles. The first kappa shape index (κ1) is 24.9. The minimum Gasteiger partial charge on any atom is -0.493 e. The van der Waals surface area contributed by atoms with Gasteiger partial charge in [0.15, 0.2) is 17.5 Å². The van der Waals surface area contributed by atoms with Gasteiger partial charge in [-0.05, 0) is 44.6 Å². The highest BCUT2D eigenvalue weighted by atomic mass is 32.1. The van der Waals surface area contributed by atoms with Crippen molar-refractivity contribution >= 4 is 17.3 Å². The van der Waals surface area contributed by atoms with Crippen molar-refractivity contribution in [1.82, 2.24) is 20.5 Å². The van der Waals surface area contributed by atoms with Crippen LogP contribution >= 0.6 is 11.3 Å². The molecule has 31 heavy (non-hydrogen) atoms. The second-order valence-corrected chi connectivity index (χ2v) is 8.42. The molecule has 0 radical (unpaired) electrons. The van der Waals surface area contributed by atoms with Gasteiger partial charge in [0, 0.05) is 37.1 Å². The molecular formula is C23H37N5O2S. The van der Waals surface area contributed by atoms with Crippen molar-refractivity contribution in [2.45, 2.75) is 40.7 Å². The van der Waals surface area contributed by atoms with E-state index in [9.17, 15) is 0 Å². The fourth-order valence-corrected chi connectivity index (χ4v) is 3.86. The second-order valence-electron chi connectivity index (χ2n) is 7.10. The maximum atomic E-state index is 5.95. The average molecular weight is 448 g/mol. The lowest BCUT2D eigenvalue weighted by atomic mass is 10.2. The van der Waals surface area contributed by atoms with Crippen LogP contribution in [0.25, 0.3) is 0 Å². The lowest BCUT2D eigenvalue weighted by molar-refractivity contribution is 0.217. The number of guanidine groups is 1. The number of thiazole rings is 1. The van der Waals surface area contributed by atoms with Gasteiger partial charge in [-0.1, -0.05) is 19.9 Å². The number of nitrogens with zero attached hydrogens (tertiary/aromatic N) is 3. The summed E-state index contributed by atoms with van der Waals surface area (Å²) in [6.07, 6.45) is 2.81. The van der Waals surface area contributed by atoms with E-state index >= 15 is 0 Å². The summed E-state index contributed by atoms with van der Waals surface area (Å²) in [4.78, 5) is 12.7. The number of rotatable bonds is 13. The van der Waals surface area contributed by atoms with Crippen LogP contribution in [0.5, 0.6) is 11.5 Å². The van der Waals surface area contributed by atoms with Crippen LogP contribution in [-0.2, 0) is 13.0 Å². The minimum absolute atomic E-state index is 0.557. The highest BCUT2D eigenvalue weighted by Crippen LogP contribution is 2.28. The molecule has 0 amide bonds. The average Bonchev–Trinajstić information content (AvgIpc) is 3.20. The molecule has 0 spiro atoms. The molecule has 0 saturated carbocycles. The summed E-state index contributed by atoms with van der Waals surface area (Å²) in [6.45, 7) is 14.2. The van der Waals surface area contributed by atoms with E-state index in [4.69, 9.17) is 14.5 Å². The van der Waals surface area contributed by atoms with E-state index in [0.29, 0.717) is 13.2 Å². The quantitative estimate of drug-likeness (QED) is 0.362. The van der Waals surface area contributed by atoms with E-state index in [1.807, 2.05) is 24.4 Å². The van der Waals surface area contributed by atoms with E-state index in [0.717, 1.165) is 67.2 Å². The largest absolute Gasteiger partial charge is 0.493 e. The van der Waals surface area contributed by atoms with Crippen molar-refractivity contribution in [3.8, 4) is 11.5 Å². The Hall–Kier alpha value is -2.32. The number of hydrogen-bond acceptors (Lipinski definition) is 6. The third kappa shape index (κ3) is 8.75. The third-order valence-electron chi connectivity index (χ3n) is 4.85. The number of hydrogen-bond donors (Lipinski definition) is 2. The molecule has 2 aromatic rings. The first-order valence-corrected chi connectivity index (χ1v) is 11.9. The third-order valence-corrected chi connectivity index (χ3v) is 5.82. The highest BCUT2D eigenvalue weighted by molar-refractivity contribution is 7.11. The molecular weight excluding hydrogens is 410 g/mol. The Bertz CT molecular complexity index is 805. The van der Waals surface area contributed by atoms with Gasteiger partial charge in [-0.15, -0.1) is 11.3 Å². The maximum absolute atomic E-state index is 5.95. The van der Waals surface area contributed by atoms with Gasteiger partial charge in [0.05, 0.1) is 18.7 Å². The van der Waals surface area contributed by atoms with Crippen LogP contribution in [0.3, 0.4) is 0 Å². The van der Waals surface area contributed by atoms with Gasteiger partial charge in [0.25, 0.3) is 0 Å². The lowest BCUT2D eigenvalue weighted by Crippen LogP contribution is -2.38. The van der Waals surface area contributed by atoms with Crippen molar-refractivity contribution in [2.75, 3.05) is 46.4 Å². The molecule has 1 aromatic carbocycles. The molecule has 1 heterocycles. The highest BCUT2D eigenvalue weighted by Gasteiger charge is 2.08. The zero-order valence-electron chi connectivity index (χ0n) is 19.5. The zero-order chi connectivity index (χ0) is 22.5. The van der Waals surface area contributed by atoms with Crippen molar-refractivity contribution < 1.29 is 9.47 Å². The van der Waals surface area contributed by atoms with Gasteiger partial charge in [-0.3, -0.25) is 0 Å². The van der Waals surface area contributed by atoms with Gasteiger partial charge in [0.1, 0.15) is 6.61 Å². The van der Waals surface area contributed by atoms with Gasteiger partial charge in [-0.25, -0.2) is 9.98 Å². The monoisotopic (exact) mass is 447 g/mol. The van der Waals surface area contributed by atoms with Gasteiger partial charge in [0.2, 0.25) is 0 Å². The minimum atomic E-state index is 0.557. The first-order valence-electron chi connectivity index (χ1n) is 11.0. The van der Waals surface area contributed by atoms with Crippen LogP contribution in [-0.4, -0.2) is 62.3 Å². The molecule has 8 heteroatoms. The number of likely N-dealkylation sites (N-methyl/N-ethyl adjacent to an activating group) is 1. The zero-order valence-corrected chi connectivity index (χ0v) is 20.3. The molecule has 1 aromatic heterocycles. The Labute approximate surface area is 190 Å². The molecule has 0 aliphatic rings. The van der Waals surface area contributed by atoms with E-state index in [1.165, 1.54) is 4.88 Å². The van der Waals surface area contributed by atoms with Crippen LogP contribution in [0.1, 0.15) is 36.2 Å². The smallest absolute Gasteiger partial charge is 0.191 e. The Morgan fingerprint density at radius 1 is 1.16 bits per heavy atom. The molecule has 0 bridgehead atoms. The van der Waals surface area contributed by atoms with Crippen LogP contribution < -0.4 is 20.1 Å². The van der Waals surface area contributed by atoms with E-state index in [-0.39, 0.29) is 0 Å². The SMILES string of the molecule is CCNC(=NCc1ccc(OCCN(CC)CC)c(OC)c1)NCCc1ncc(C)s1. The van der Waals surface area contributed by atoms with Crippen LogP contribution in [0.2, 0.25) is 0 Å². The van der Waals surface area contributed by atoms with Gasteiger partial charge in [-0.2, -0.15) is 0 Å². The summed E-state index contributed by atoms with van der Waals surface area (Å²) in [5.41, 5.74) is 1.07. The lowest BCUT2D eigenvalue weighted by Gasteiger charge is -2.19. The predicted molar refractivity (Wildman–Crippen MR) is 130 cm³/mol. The number of aliphatic imine (C=N–C) groups is 1. The second kappa shape index (κ2) is 13.9. The molecule has 7 nitrogen and oxygen atoms in total. The molecule has 2 N–H and O–H groups in total. The van der Waals surface area contributed by atoms with E-state index in [2.05, 4.69) is 48.2 Å². The topological polar surface area (TPSA) is 71.0 Å². The summed E-state index contributed by atoms with van der Waals surface area (Å²) in [5, 5.41) is 7.82. The Balaban J connectivity index is 1.91. The number of ether oxygens (including phenoxy) is 2. The fraction of sp³-hybridized carbons (Fsp3) is 0.565. The summed E-state index contributed by atoms with van der Waals surface area (Å²) in [6, 6.07) is 6.01. The van der Waals surface area contributed by atoms with E-state index < -0.39 is 0 Å². The van der Waals surface area contributed by atoms with Crippen molar-refractivity contribution in [1.29, 1.82) is 0 Å². The Kier molecular flexibility index (Phi) is 11.2. The number of methoxy groups -OCH3 is 1. The van der Waals surface area contributed by atoms with Crippen LogP contribution in [0.15, 0.2) is 29.4 Å². The van der Waals surface area contributed by atoms with Crippen molar-refractivity contribution in [3.63, 3.8) is 0 Å². The molecule has 0 aliphatic heterocycles. The number of aryl methyl sites for hydroxylation is 1. The molecule has 172 valence electrons. The van der Waals surface area contributed by atoms with Gasteiger partial charge < -0.3 is 25.0 Å². The molecule has 2 rings (SSSR count). The Morgan fingerprint density at radius 2 is 1.97 bits per heavy atom. The van der Waals surface area contributed by atoms with Crippen molar-refractivity contribution in [2.24, 2.45) is 4.99 Å². The van der Waals surface area contributed by atoms with Crippen LogP contribution in [0, 0.1) is 6.92 Å². The standard InChI is InChI=1S/C23H37N5O2S/c1-6-24-23(25-12-11-22-26-16-18(4)31-22)27-17-19-9-10-20(21(15-19)29-5)30-14-13-28(7-2)8-3/h9-10,15-16H,6-8,11-14,17H2,1-5H3,(H2,24,25,27). The summed E-state index contributed by atoms with van der Waals surface area (Å²) in [7, 11) is 1.67. The normalized spacial score (nSPS) is 11.6. The Morgan fingerprint density at radius 3 is 2.61 bits per heavy atom. The number of nitrogens with one attached hydrogen (secondary N) is 2. The summed E-state index contributed by atoms with van der Waals surface area (Å²) < 4.78 is 11.5. The fourth-order valence-electron chi connectivity index (χ4n) is 3.07. The molecule has 0 atom stereocenters. The van der Waals surface area contributed by atoms with E-state index in [1.54, 1.807) is 18.4 Å². The molecule has 0 fully saturated rings. The number of aromatic nitrogens is 1. The number of benzene rings is 1. The van der Waals surface area contributed by atoms with Crippen molar-refractivity contribution in [3.05, 3.63) is 39.8 Å². The maximum Gasteiger partial charge on any atom is 0.191 e. The predicted octanol–water partition coefficient (Wildman–Crippen LogP) is 3.48. The summed E-state index contributed by atoms with van der Waals surface area (Å²) >= 11 is 1.74. The van der Waals surface area contributed by atoms with Crippen LogP contribution in [0.4, 0.5) is 0 Å².